The number of hydrogen-bond donors (Lipinski definition) is 1. The summed E-state index contributed by atoms with van der Waals surface area (Å²) in [6.07, 6.45) is 3.47. The highest BCUT2D eigenvalue weighted by Gasteiger charge is 2.01. The number of halogens is 2. The zero-order valence-electron chi connectivity index (χ0n) is 7.91. The maximum Gasteiger partial charge on any atom is 0.327 e. The van der Waals surface area contributed by atoms with Crippen LogP contribution in [0.1, 0.15) is 12.0 Å². The van der Waals surface area contributed by atoms with Gasteiger partial charge in [-0.3, -0.25) is 0 Å². The van der Waals surface area contributed by atoms with Crippen LogP contribution in [0, 0.1) is 11.6 Å². The molecule has 0 saturated carbocycles. The zero-order chi connectivity index (χ0) is 11.3. The van der Waals surface area contributed by atoms with Gasteiger partial charge in [0.05, 0.1) is 0 Å². The van der Waals surface area contributed by atoms with Gasteiger partial charge in [-0.1, -0.05) is 12.1 Å². The number of carbonyl (C=O) groups is 1. The zero-order valence-corrected chi connectivity index (χ0v) is 7.91. The smallest absolute Gasteiger partial charge is 0.327 e. The van der Waals surface area contributed by atoms with Gasteiger partial charge in [0.15, 0.2) is 11.6 Å². The van der Waals surface area contributed by atoms with E-state index >= 15 is 0 Å². The number of rotatable bonds is 4. The Morgan fingerprint density at radius 2 is 2.07 bits per heavy atom. The first-order valence-corrected chi connectivity index (χ1v) is 4.43. The van der Waals surface area contributed by atoms with Crippen LogP contribution < -0.4 is 0 Å². The molecule has 15 heavy (non-hydrogen) atoms. The molecule has 0 aromatic heterocycles. The van der Waals surface area contributed by atoms with E-state index in [0.29, 0.717) is 18.4 Å². The second-order valence-electron chi connectivity index (χ2n) is 3.03. The van der Waals surface area contributed by atoms with Crippen LogP contribution in [0.4, 0.5) is 8.78 Å². The Bertz CT molecular complexity index is 386. The van der Waals surface area contributed by atoms with Crippen molar-refractivity contribution in [2.24, 2.45) is 0 Å². The van der Waals surface area contributed by atoms with Crippen LogP contribution in [0.25, 0.3) is 0 Å². The fourth-order valence-electron chi connectivity index (χ4n) is 1.13. The van der Waals surface area contributed by atoms with Crippen molar-refractivity contribution in [2.75, 3.05) is 0 Å². The lowest BCUT2D eigenvalue weighted by atomic mass is 10.1. The lowest BCUT2D eigenvalue weighted by molar-refractivity contribution is -0.131. The topological polar surface area (TPSA) is 37.3 Å². The Hall–Kier alpha value is -1.71. The summed E-state index contributed by atoms with van der Waals surface area (Å²) in [7, 11) is 0. The molecule has 4 heteroatoms. The van der Waals surface area contributed by atoms with Gasteiger partial charge in [-0.25, -0.2) is 13.6 Å². The van der Waals surface area contributed by atoms with Crippen LogP contribution >= 0.6 is 0 Å². The molecule has 2 nitrogen and oxygen atoms in total. The number of hydrogen-bond acceptors (Lipinski definition) is 1. The van der Waals surface area contributed by atoms with Gasteiger partial charge in [-0.15, -0.1) is 0 Å². The van der Waals surface area contributed by atoms with E-state index in [0.717, 1.165) is 18.2 Å². The number of aliphatic carboxylic acids is 1. The highest BCUT2D eigenvalue weighted by atomic mass is 19.2. The van der Waals surface area contributed by atoms with E-state index in [1.165, 1.54) is 12.1 Å². The van der Waals surface area contributed by atoms with Crippen molar-refractivity contribution < 1.29 is 18.7 Å². The van der Waals surface area contributed by atoms with E-state index in [2.05, 4.69) is 0 Å². The van der Waals surface area contributed by atoms with Crippen molar-refractivity contribution in [1.29, 1.82) is 0 Å². The maximum absolute atomic E-state index is 12.7. The van der Waals surface area contributed by atoms with Gasteiger partial charge >= 0.3 is 5.97 Å². The van der Waals surface area contributed by atoms with Crippen LogP contribution in [-0.2, 0) is 11.2 Å². The molecule has 1 aromatic rings. The summed E-state index contributed by atoms with van der Waals surface area (Å²) in [5.74, 6) is -2.77. The molecule has 1 N–H and O–H groups in total. The third-order valence-electron chi connectivity index (χ3n) is 1.84. The fraction of sp³-hybridized carbons (Fsp3) is 0.182. The molecule has 0 aliphatic heterocycles. The first-order valence-electron chi connectivity index (χ1n) is 4.43. The van der Waals surface area contributed by atoms with Crippen LogP contribution in [0.2, 0.25) is 0 Å². The average molecular weight is 212 g/mol. The quantitative estimate of drug-likeness (QED) is 0.778. The molecule has 0 radical (unpaired) electrons. The second kappa shape index (κ2) is 5.24. The summed E-state index contributed by atoms with van der Waals surface area (Å²) in [6.45, 7) is 0. The molecule has 0 aliphatic carbocycles. The predicted molar refractivity (Wildman–Crippen MR) is 51.5 cm³/mol. The van der Waals surface area contributed by atoms with Crippen LogP contribution in [-0.4, -0.2) is 11.1 Å². The lowest BCUT2D eigenvalue weighted by Gasteiger charge is -1.98. The molecule has 0 saturated heterocycles. The number of carboxylic acid groups (broad SMARTS) is 1. The van der Waals surface area contributed by atoms with Gasteiger partial charge < -0.3 is 5.11 Å². The molecular formula is C11H10F2O2. The average Bonchev–Trinajstić information content (AvgIpc) is 2.18. The molecule has 1 rings (SSSR count). The van der Waals surface area contributed by atoms with Gasteiger partial charge in [-0.2, -0.15) is 0 Å². The first kappa shape index (κ1) is 11.4. The molecule has 0 fully saturated rings. The Morgan fingerprint density at radius 1 is 1.33 bits per heavy atom. The first-order chi connectivity index (χ1) is 7.09. The predicted octanol–water partition coefficient (Wildman–Crippen LogP) is 2.54. The summed E-state index contributed by atoms with van der Waals surface area (Å²) < 4.78 is 25.3. The summed E-state index contributed by atoms with van der Waals surface area (Å²) in [6, 6.07) is 3.66. The van der Waals surface area contributed by atoms with Crippen molar-refractivity contribution in [3.05, 3.63) is 47.5 Å². The molecule has 80 valence electrons. The molecule has 0 aliphatic rings. The highest BCUT2D eigenvalue weighted by molar-refractivity contribution is 5.79. The van der Waals surface area contributed by atoms with Crippen LogP contribution in [0.3, 0.4) is 0 Å². The molecule has 0 spiro atoms. The minimum atomic E-state index is -1.01. The molecule has 0 unspecified atom stereocenters. The van der Waals surface area contributed by atoms with Gasteiger partial charge in [0.1, 0.15) is 0 Å². The van der Waals surface area contributed by atoms with E-state index < -0.39 is 17.6 Å². The maximum atomic E-state index is 12.7. The Balaban J connectivity index is 2.51. The summed E-state index contributed by atoms with van der Waals surface area (Å²) in [5, 5.41) is 8.29. The van der Waals surface area contributed by atoms with E-state index in [1.807, 2.05) is 0 Å². The molecule has 1 aromatic carbocycles. The summed E-state index contributed by atoms with van der Waals surface area (Å²) >= 11 is 0. The Kier molecular flexibility index (Phi) is 3.97. The largest absolute Gasteiger partial charge is 0.478 e. The van der Waals surface area contributed by atoms with Crippen molar-refractivity contribution >= 4 is 5.97 Å². The monoisotopic (exact) mass is 212 g/mol. The van der Waals surface area contributed by atoms with Crippen molar-refractivity contribution in [1.82, 2.24) is 0 Å². The third kappa shape index (κ3) is 3.89. The Morgan fingerprint density at radius 3 is 2.67 bits per heavy atom. The van der Waals surface area contributed by atoms with Crippen molar-refractivity contribution in [3.8, 4) is 0 Å². The van der Waals surface area contributed by atoms with Crippen molar-refractivity contribution in [2.45, 2.75) is 12.8 Å². The standard InChI is InChI=1S/C11H10F2O2/c12-9-6-5-8(7-10(9)13)3-1-2-4-11(14)15/h2,4-7H,1,3H2,(H,14,15)/b4-2+. The summed E-state index contributed by atoms with van der Waals surface area (Å²) in [5.41, 5.74) is 0.643. The van der Waals surface area contributed by atoms with Gasteiger partial charge in [-0.05, 0) is 30.5 Å². The number of carboxylic acids is 1. The van der Waals surface area contributed by atoms with E-state index in [4.69, 9.17) is 5.11 Å². The van der Waals surface area contributed by atoms with E-state index in [1.54, 1.807) is 0 Å². The minimum absolute atomic E-state index is 0.484. The molecule has 0 atom stereocenters. The SMILES string of the molecule is O=C(O)/C=C/CCc1ccc(F)c(F)c1. The third-order valence-corrected chi connectivity index (χ3v) is 1.84. The van der Waals surface area contributed by atoms with Crippen molar-refractivity contribution in [3.63, 3.8) is 0 Å². The van der Waals surface area contributed by atoms with Gasteiger partial charge in [0.25, 0.3) is 0 Å². The minimum Gasteiger partial charge on any atom is -0.478 e. The summed E-state index contributed by atoms with van der Waals surface area (Å²) in [4.78, 5) is 10.1. The van der Waals surface area contributed by atoms with E-state index in [9.17, 15) is 13.6 Å². The number of allylic oxidation sites excluding steroid dienone is 1. The highest BCUT2D eigenvalue weighted by Crippen LogP contribution is 2.10. The molecule has 0 heterocycles. The second-order valence-corrected chi connectivity index (χ2v) is 3.03. The Labute approximate surface area is 85.9 Å². The van der Waals surface area contributed by atoms with Crippen LogP contribution in [0.15, 0.2) is 30.4 Å². The normalized spacial score (nSPS) is 10.8. The fourth-order valence-corrected chi connectivity index (χ4v) is 1.13. The van der Waals surface area contributed by atoms with Gasteiger partial charge in [0, 0.05) is 6.08 Å². The number of aryl methyl sites for hydroxylation is 1. The molecule has 0 bridgehead atoms. The molecule has 0 amide bonds. The molecular weight excluding hydrogens is 202 g/mol. The van der Waals surface area contributed by atoms with E-state index in [-0.39, 0.29) is 0 Å². The van der Waals surface area contributed by atoms with Crippen LogP contribution in [0.5, 0.6) is 0 Å². The van der Waals surface area contributed by atoms with Gasteiger partial charge in [0.2, 0.25) is 0 Å². The number of benzene rings is 1. The lowest BCUT2D eigenvalue weighted by Crippen LogP contribution is -1.90.